The number of rotatable bonds is 5. The van der Waals surface area contributed by atoms with Crippen molar-refractivity contribution in [2.45, 2.75) is 0 Å². The highest BCUT2D eigenvalue weighted by Gasteiger charge is 2.12. The molecule has 0 aliphatic rings. The van der Waals surface area contributed by atoms with E-state index in [1.807, 2.05) is 0 Å². The standard InChI is InChI=1S/C14H16N4O3/c1-15-13-7-6-11(17-18-13)14(19)16-10-5-4-9(20-2)8-12(10)21-3/h4-8H,1-3H3,(H,15,18)(H,16,19). The van der Waals surface area contributed by atoms with Crippen LogP contribution in [0.2, 0.25) is 0 Å². The lowest BCUT2D eigenvalue weighted by molar-refractivity contribution is 0.102. The lowest BCUT2D eigenvalue weighted by Crippen LogP contribution is -2.15. The molecule has 0 radical (unpaired) electrons. The molecule has 0 saturated carbocycles. The average Bonchev–Trinajstić information content (AvgIpc) is 2.55. The maximum atomic E-state index is 12.1. The van der Waals surface area contributed by atoms with Crippen LogP contribution in [0, 0.1) is 0 Å². The van der Waals surface area contributed by atoms with Gasteiger partial charge in [0.05, 0.1) is 19.9 Å². The van der Waals surface area contributed by atoms with E-state index >= 15 is 0 Å². The monoisotopic (exact) mass is 288 g/mol. The second-order valence-corrected chi connectivity index (χ2v) is 4.07. The molecule has 2 N–H and O–H groups in total. The van der Waals surface area contributed by atoms with Gasteiger partial charge in [-0.25, -0.2) is 0 Å². The van der Waals surface area contributed by atoms with E-state index in [1.165, 1.54) is 7.11 Å². The molecule has 0 aliphatic carbocycles. The van der Waals surface area contributed by atoms with Crippen LogP contribution >= 0.6 is 0 Å². The van der Waals surface area contributed by atoms with Crippen LogP contribution in [0.3, 0.4) is 0 Å². The topological polar surface area (TPSA) is 85.4 Å². The van der Waals surface area contributed by atoms with Crippen LogP contribution < -0.4 is 20.1 Å². The molecule has 2 aromatic rings. The maximum absolute atomic E-state index is 12.1. The van der Waals surface area contributed by atoms with Gasteiger partial charge >= 0.3 is 0 Å². The van der Waals surface area contributed by atoms with Gasteiger partial charge < -0.3 is 20.1 Å². The molecule has 21 heavy (non-hydrogen) atoms. The number of nitrogens with one attached hydrogen (secondary N) is 2. The summed E-state index contributed by atoms with van der Waals surface area (Å²) < 4.78 is 10.3. The summed E-state index contributed by atoms with van der Waals surface area (Å²) in [5.41, 5.74) is 0.745. The van der Waals surface area contributed by atoms with Crippen molar-refractivity contribution >= 4 is 17.4 Å². The molecule has 7 nitrogen and oxygen atoms in total. The minimum absolute atomic E-state index is 0.215. The Morgan fingerprint density at radius 3 is 2.48 bits per heavy atom. The summed E-state index contributed by atoms with van der Waals surface area (Å²) in [6.45, 7) is 0. The molecule has 0 unspecified atom stereocenters. The predicted octanol–water partition coefficient (Wildman–Crippen LogP) is 1.79. The third-order valence-electron chi connectivity index (χ3n) is 2.81. The van der Waals surface area contributed by atoms with Crippen LogP contribution in [0.1, 0.15) is 10.5 Å². The van der Waals surface area contributed by atoms with Crippen molar-refractivity contribution < 1.29 is 14.3 Å². The zero-order valence-electron chi connectivity index (χ0n) is 12.0. The minimum atomic E-state index is -0.367. The first-order valence-electron chi connectivity index (χ1n) is 6.22. The number of anilines is 2. The van der Waals surface area contributed by atoms with Crippen molar-refractivity contribution in [3.8, 4) is 11.5 Å². The number of hydrogen-bond donors (Lipinski definition) is 2. The third-order valence-corrected chi connectivity index (χ3v) is 2.81. The minimum Gasteiger partial charge on any atom is -0.497 e. The smallest absolute Gasteiger partial charge is 0.276 e. The number of carbonyl (C=O) groups excluding carboxylic acids is 1. The van der Waals surface area contributed by atoms with Crippen LogP contribution in [0.5, 0.6) is 11.5 Å². The lowest BCUT2D eigenvalue weighted by atomic mass is 10.2. The van der Waals surface area contributed by atoms with Gasteiger partial charge in [0.2, 0.25) is 0 Å². The highest BCUT2D eigenvalue weighted by Crippen LogP contribution is 2.29. The van der Waals surface area contributed by atoms with Gasteiger partial charge in [-0.1, -0.05) is 0 Å². The van der Waals surface area contributed by atoms with Gasteiger partial charge in [-0.05, 0) is 24.3 Å². The van der Waals surface area contributed by atoms with Crippen LogP contribution in [-0.2, 0) is 0 Å². The number of hydrogen-bond acceptors (Lipinski definition) is 6. The van der Waals surface area contributed by atoms with Crippen molar-refractivity contribution in [2.75, 3.05) is 31.9 Å². The zero-order chi connectivity index (χ0) is 15.2. The molecular formula is C14H16N4O3. The molecule has 0 bridgehead atoms. The van der Waals surface area contributed by atoms with Crippen molar-refractivity contribution in [3.05, 3.63) is 36.0 Å². The largest absolute Gasteiger partial charge is 0.497 e. The van der Waals surface area contributed by atoms with Crippen LogP contribution in [0.15, 0.2) is 30.3 Å². The molecule has 1 amide bonds. The van der Waals surface area contributed by atoms with E-state index in [0.29, 0.717) is 23.0 Å². The molecule has 0 saturated heterocycles. The van der Waals surface area contributed by atoms with Gasteiger partial charge in [0.25, 0.3) is 5.91 Å². The first-order chi connectivity index (χ1) is 10.2. The maximum Gasteiger partial charge on any atom is 0.276 e. The number of amides is 1. The highest BCUT2D eigenvalue weighted by atomic mass is 16.5. The van der Waals surface area contributed by atoms with Gasteiger partial charge in [-0.3, -0.25) is 4.79 Å². The van der Waals surface area contributed by atoms with Crippen molar-refractivity contribution in [3.63, 3.8) is 0 Å². The van der Waals surface area contributed by atoms with Gasteiger partial charge in [0.1, 0.15) is 17.3 Å². The Kier molecular flexibility index (Phi) is 4.55. The van der Waals surface area contributed by atoms with E-state index in [2.05, 4.69) is 20.8 Å². The molecule has 110 valence electrons. The van der Waals surface area contributed by atoms with Crippen LogP contribution in [0.25, 0.3) is 0 Å². The van der Waals surface area contributed by atoms with Crippen molar-refractivity contribution in [2.24, 2.45) is 0 Å². The normalized spacial score (nSPS) is 9.86. The van der Waals surface area contributed by atoms with Gasteiger partial charge in [0, 0.05) is 13.1 Å². The summed E-state index contributed by atoms with van der Waals surface area (Å²) in [4.78, 5) is 12.1. The Bertz CT molecular complexity index is 629. The molecule has 2 rings (SSSR count). The van der Waals surface area contributed by atoms with E-state index in [4.69, 9.17) is 9.47 Å². The Morgan fingerprint density at radius 1 is 1.10 bits per heavy atom. The number of benzene rings is 1. The summed E-state index contributed by atoms with van der Waals surface area (Å²) in [6.07, 6.45) is 0. The fourth-order valence-electron chi connectivity index (χ4n) is 1.67. The van der Waals surface area contributed by atoms with Crippen molar-refractivity contribution in [1.29, 1.82) is 0 Å². The molecule has 0 aliphatic heterocycles. The number of aromatic nitrogens is 2. The Morgan fingerprint density at radius 2 is 1.90 bits per heavy atom. The van der Waals surface area contributed by atoms with Crippen LogP contribution in [0.4, 0.5) is 11.5 Å². The Balaban J connectivity index is 2.18. The SMILES string of the molecule is CNc1ccc(C(=O)Nc2ccc(OC)cc2OC)nn1. The van der Waals surface area contributed by atoms with E-state index < -0.39 is 0 Å². The van der Waals surface area contributed by atoms with Gasteiger partial charge in [-0.15, -0.1) is 10.2 Å². The van der Waals surface area contributed by atoms with Crippen molar-refractivity contribution in [1.82, 2.24) is 10.2 Å². The van der Waals surface area contributed by atoms with Gasteiger partial charge in [0.15, 0.2) is 5.69 Å². The quantitative estimate of drug-likeness (QED) is 0.872. The molecule has 7 heteroatoms. The zero-order valence-corrected chi connectivity index (χ0v) is 12.0. The van der Waals surface area contributed by atoms with E-state index in [9.17, 15) is 4.79 Å². The van der Waals surface area contributed by atoms with E-state index in [0.717, 1.165) is 0 Å². The number of nitrogens with zero attached hydrogens (tertiary/aromatic N) is 2. The fraction of sp³-hybridized carbons (Fsp3) is 0.214. The van der Waals surface area contributed by atoms with Gasteiger partial charge in [-0.2, -0.15) is 0 Å². The summed E-state index contributed by atoms with van der Waals surface area (Å²) in [6, 6.07) is 8.38. The Labute approximate surface area is 122 Å². The van der Waals surface area contributed by atoms with E-state index in [-0.39, 0.29) is 11.6 Å². The first-order valence-corrected chi connectivity index (χ1v) is 6.22. The first kappa shape index (κ1) is 14.6. The van der Waals surface area contributed by atoms with Crippen LogP contribution in [-0.4, -0.2) is 37.4 Å². The molecule has 1 aromatic carbocycles. The summed E-state index contributed by atoms with van der Waals surface area (Å²) in [5, 5.41) is 13.3. The lowest BCUT2D eigenvalue weighted by Gasteiger charge is -2.11. The Hall–Kier alpha value is -2.83. The number of carbonyl (C=O) groups is 1. The van der Waals surface area contributed by atoms with E-state index in [1.54, 1.807) is 44.5 Å². The molecule has 0 atom stereocenters. The highest BCUT2D eigenvalue weighted by molar-refractivity contribution is 6.03. The molecule has 1 heterocycles. The molecule has 0 spiro atoms. The second kappa shape index (κ2) is 6.56. The second-order valence-electron chi connectivity index (χ2n) is 4.07. The fourth-order valence-corrected chi connectivity index (χ4v) is 1.67. The summed E-state index contributed by atoms with van der Waals surface area (Å²) >= 11 is 0. The molecule has 0 fully saturated rings. The molecular weight excluding hydrogens is 272 g/mol. The number of methoxy groups -OCH3 is 2. The average molecular weight is 288 g/mol. The summed E-state index contributed by atoms with van der Waals surface area (Å²) in [7, 11) is 4.81. The molecule has 1 aromatic heterocycles. The third kappa shape index (κ3) is 3.38. The predicted molar refractivity (Wildman–Crippen MR) is 79.1 cm³/mol. The summed E-state index contributed by atoms with van der Waals surface area (Å²) in [5.74, 6) is 1.37. The number of ether oxygens (including phenoxy) is 2.